The average Bonchev–Trinajstić information content (AvgIpc) is 3.54. The second-order valence-electron chi connectivity index (χ2n) is 10.3. The van der Waals surface area contributed by atoms with E-state index in [1.54, 1.807) is 7.11 Å². The van der Waals surface area contributed by atoms with Crippen LogP contribution >= 0.6 is 0 Å². The number of urea groups is 1. The highest BCUT2D eigenvalue weighted by Crippen LogP contribution is 2.39. The lowest BCUT2D eigenvalue weighted by molar-refractivity contribution is 0.194. The Morgan fingerprint density at radius 1 is 0.975 bits per heavy atom. The van der Waals surface area contributed by atoms with Crippen LogP contribution in [0.3, 0.4) is 0 Å². The van der Waals surface area contributed by atoms with E-state index in [1.807, 2.05) is 78.0 Å². The Morgan fingerprint density at radius 3 is 2.48 bits per heavy atom. The SMILES string of the molecule is CCc1nn(-c2ccccc2)c2c1CN(C(=O)Nc1cc(C)cc(C)c1)[C@H](c1cccc(OC)c1)c1cccn1-2. The van der Waals surface area contributed by atoms with Crippen LogP contribution in [0.25, 0.3) is 11.5 Å². The molecule has 0 radical (unpaired) electrons. The number of benzene rings is 3. The predicted molar refractivity (Wildman–Crippen MR) is 158 cm³/mol. The van der Waals surface area contributed by atoms with Gasteiger partial charge in [-0.25, -0.2) is 9.48 Å². The fraction of sp³-hybridized carbons (Fsp3) is 0.212. The lowest BCUT2D eigenvalue weighted by Crippen LogP contribution is -2.38. The fourth-order valence-corrected chi connectivity index (χ4v) is 5.75. The highest BCUT2D eigenvalue weighted by Gasteiger charge is 2.36. The summed E-state index contributed by atoms with van der Waals surface area (Å²) in [5, 5.41) is 8.24. The molecule has 1 N–H and O–H groups in total. The number of anilines is 1. The van der Waals surface area contributed by atoms with Crippen LogP contribution in [0.2, 0.25) is 0 Å². The van der Waals surface area contributed by atoms with E-state index in [0.717, 1.165) is 63.0 Å². The largest absolute Gasteiger partial charge is 0.497 e. The topological polar surface area (TPSA) is 64.3 Å². The maximum atomic E-state index is 14.2. The Labute approximate surface area is 234 Å². The van der Waals surface area contributed by atoms with Crippen molar-refractivity contribution in [3.8, 4) is 17.3 Å². The minimum atomic E-state index is -0.364. The summed E-state index contributed by atoms with van der Waals surface area (Å²) in [4.78, 5) is 16.2. The molecule has 6 rings (SSSR count). The van der Waals surface area contributed by atoms with Crippen LogP contribution in [-0.2, 0) is 13.0 Å². The van der Waals surface area contributed by atoms with E-state index in [-0.39, 0.29) is 12.1 Å². The highest BCUT2D eigenvalue weighted by molar-refractivity contribution is 5.90. The van der Waals surface area contributed by atoms with Crippen molar-refractivity contribution in [3.05, 3.63) is 125 Å². The van der Waals surface area contributed by atoms with E-state index >= 15 is 0 Å². The van der Waals surface area contributed by atoms with Crippen molar-refractivity contribution in [1.82, 2.24) is 19.2 Å². The molecule has 0 spiro atoms. The molecule has 2 amide bonds. The summed E-state index contributed by atoms with van der Waals surface area (Å²) in [5.74, 6) is 1.70. The van der Waals surface area contributed by atoms with Gasteiger partial charge in [0, 0.05) is 17.4 Å². The molecule has 40 heavy (non-hydrogen) atoms. The molecule has 0 saturated carbocycles. The Morgan fingerprint density at radius 2 is 1.75 bits per heavy atom. The number of nitrogens with zero attached hydrogens (tertiary/aromatic N) is 4. The van der Waals surface area contributed by atoms with E-state index in [1.165, 1.54) is 0 Å². The number of nitrogens with one attached hydrogen (secondary N) is 1. The second kappa shape index (κ2) is 10.4. The Kier molecular flexibility index (Phi) is 6.64. The first kappa shape index (κ1) is 25.5. The van der Waals surface area contributed by atoms with Crippen LogP contribution in [0.1, 0.15) is 46.6 Å². The standard InChI is InChI=1S/C33H33N5O2/c1-5-29-28-21-37(33(39)34-25-18-22(2)17-23(3)19-25)31(24-11-9-14-27(20-24)40-4)30-15-10-16-36(30)32(28)38(35-29)26-12-7-6-8-13-26/h6-20,31H,5,21H2,1-4H3,(H,34,39)/t31-/m1/s1. The lowest BCUT2D eigenvalue weighted by Gasteiger charge is -2.31. The lowest BCUT2D eigenvalue weighted by atomic mass is 10.0. The number of ether oxygens (including phenoxy) is 1. The third-order valence-electron chi connectivity index (χ3n) is 7.45. The van der Waals surface area contributed by atoms with E-state index in [2.05, 4.69) is 53.3 Å². The molecule has 2 aromatic heterocycles. The molecule has 1 aliphatic heterocycles. The number of carbonyl (C=O) groups excluding carboxylic acids is 1. The zero-order valence-electron chi connectivity index (χ0n) is 23.3. The third-order valence-corrected chi connectivity index (χ3v) is 7.45. The van der Waals surface area contributed by atoms with Crippen LogP contribution in [0, 0.1) is 13.8 Å². The van der Waals surface area contributed by atoms with Gasteiger partial charge in [0.25, 0.3) is 0 Å². The summed E-state index contributed by atoms with van der Waals surface area (Å²) in [6, 6.07) is 27.8. The summed E-state index contributed by atoms with van der Waals surface area (Å²) < 4.78 is 9.77. The molecule has 7 nitrogen and oxygen atoms in total. The molecule has 0 unspecified atom stereocenters. The van der Waals surface area contributed by atoms with Gasteiger partial charge in [0.05, 0.1) is 36.8 Å². The van der Waals surface area contributed by atoms with Crippen LogP contribution in [-0.4, -0.2) is 32.4 Å². The van der Waals surface area contributed by atoms with Gasteiger partial charge in [-0.05, 0) is 85.5 Å². The number of aromatic nitrogens is 3. The number of amides is 2. The number of hydrogen-bond donors (Lipinski definition) is 1. The molecular weight excluding hydrogens is 498 g/mol. The fourth-order valence-electron chi connectivity index (χ4n) is 5.75. The summed E-state index contributed by atoms with van der Waals surface area (Å²) >= 11 is 0. The second-order valence-corrected chi connectivity index (χ2v) is 10.3. The number of carbonyl (C=O) groups is 1. The molecule has 5 aromatic rings. The molecule has 0 saturated heterocycles. The Hall–Kier alpha value is -4.78. The van der Waals surface area contributed by atoms with Crippen LogP contribution in [0.15, 0.2) is 91.1 Å². The highest BCUT2D eigenvalue weighted by atomic mass is 16.5. The van der Waals surface area contributed by atoms with Crippen LogP contribution in [0.5, 0.6) is 5.75 Å². The van der Waals surface area contributed by atoms with Gasteiger partial charge >= 0.3 is 6.03 Å². The number of aryl methyl sites for hydroxylation is 3. The van der Waals surface area contributed by atoms with Gasteiger partial charge in [-0.2, -0.15) is 5.10 Å². The molecular formula is C33H33N5O2. The molecule has 0 aliphatic carbocycles. The van der Waals surface area contributed by atoms with Crippen LogP contribution < -0.4 is 10.1 Å². The van der Waals surface area contributed by atoms with Gasteiger partial charge in [-0.3, -0.25) is 0 Å². The summed E-state index contributed by atoms with van der Waals surface area (Å²) in [7, 11) is 1.66. The van der Waals surface area contributed by atoms with E-state index in [4.69, 9.17) is 9.84 Å². The molecule has 7 heteroatoms. The number of rotatable bonds is 5. The van der Waals surface area contributed by atoms with Gasteiger partial charge in [-0.15, -0.1) is 0 Å². The maximum Gasteiger partial charge on any atom is 0.322 e. The van der Waals surface area contributed by atoms with Crippen molar-refractivity contribution in [3.63, 3.8) is 0 Å². The molecule has 1 aliphatic rings. The summed E-state index contributed by atoms with van der Waals surface area (Å²) in [6.45, 7) is 6.58. The van der Waals surface area contributed by atoms with Crippen molar-refractivity contribution in [2.45, 2.75) is 39.8 Å². The molecule has 0 fully saturated rings. The quantitative estimate of drug-likeness (QED) is 0.266. The number of methoxy groups -OCH3 is 1. The van der Waals surface area contributed by atoms with Crippen molar-refractivity contribution in [1.29, 1.82) is 0 Å². The molecule has 3 heterocycles. The van der Waals surface area contributed by atoms with Gasteiger partial charge in [0.1, 0.15) is 11.6 Å². The summed E-state index contributed by atoms with van der Waals surface area (Å²) in [6.07, 6.45) is 2.81. The Bertz CT molecular complexity index is 1660. The van der Waals surface area contributed by atoms with E-state index < -0.39 is 0 Å². The zero-order chi connectivity index (χ0) is 27.8. The van der Waals surface area contributed by atoms with Crippen molar-refractivity contribution >= 4 is 11.7 Å². The van der Waals surface area contributed by atoms with Gasteiger partial charge < -0.3 is 19.5 Å². The van der Waals surface area contributed by atoms with Crippen molar-refractivity contribution in [2.75, 3.05) is 12.4 Å². The summed E-state index contributed by atoms with van der Waals surface area (Å²) in [5.41, 5.74) is 7.90. The average molecular weight is 532 g/mol. The van der Waals surface area contributed by atoms with Gasteiger partial charge in [-0.1, -0.05) is 43.3 Å². The van der Waals surface area contributed by atoms with Crippen LogP contribution in [0.4, 0.5) is 10.5 Å². The normalized spacial score (nSPS) is 14.3. The monoisotopic (exact) mass is 531 g/mol. The zero-order valence-corrected chi connectivity index (χ0v) is 23.3. The van der Waals surface area contributed by atoms with Crippen molar-refractivity contribution in [2.24, 2.45) is 0 Å². The number of para-hydroxylation sites is 1. The molecule has 1 atom stereocenters. The predicted octanol–water partition coefficient (Wildman–Crippen LogP) is 6.99. The third kappa shape index (κ3) is 4.53. The smallest absolute Gasteiger partial charge is 0.322 e. The molecule has 3 aromatic carbocycles. The minimum absolute atomic E-state index is 0.173. The maximum absolute atomic E-state index is 14.2. The Balaban J connectivity index is 1.55. The van der Waals surface area contributed by atoms with E-state index in [9.17, 15) is 4.79 Å². The first-order chi connectivity index (χ1) is 19.5. The van der Waals surface area contributed by atoms with Gasteiger partial charge in [0.15, 0.2) is 0 Å². The van der Waals surface area contributed by atoms with E-state index in [0.29, 0.717) is 6.54 Å². The number of fused-ring (bicyclic) bond motifs is 3. The first-order valence-electron chi connectivity index (χ1n) is 13.6. The first-order valence-corrected chi connectivity index (χ1v) is 13.6. The number of hydrogen-bond acceptors (Lipinski definition) is 3. The van der Waals surface area contributed by atoms with Crippen molar-refractivity contribution < 1.29 is 9.53 Å². The van der Waals surface area contributed by atoms with Gasteiger partial charge in [0.2, 0.25) is 0 Å². The molecule has 202 valence electrons. The minimum Gasteiger partial charge on any atom is -0.497 e. The molecule has 0 bridgehead atoms.